The van der Waals surface area contributed by atoms with Gasteiger partial charge in [0, 0.05) is 22.7 Å². The highest BCUT2D eigenvalue weighted by Gasteiger charge is 2.13. The molecule has 0 N–H and O–H groups in total. The van der Waals surface area contributed by atoms with Crippen LogP contribution in [0.25, 0.3) is 10.6 Å². The van der Waals surface area contributed by atoms with Crippen molar-refractivity contribution in [3.8, 4) is 10.6 Å². The van der Waals surface area contributed by atoms with Crippen molar-refractivity contribution in [2.45, 2.75) is 44.6 Å². The molecule has 0 unspecified atom stereocenters. The van der Waals surface area contributed by atoms with Crippen LogP contribution in [0.3, 0.4) is 0 Å². The van der Waals surface area contributed by atoms with E-state index in [-0.39, 0.29) is 0 Å². The number of thiazole rings is 1. The van der Waals surface area contributed by atoms with Gasteiger partial charge in [0.05, 0.1) is 5.69 Å². The molecule has 0 atom stereocenters. The van der Waals surface area contributed by atoms with E-state index < -0.39 is 0 Å². The zero-order valence-electron chi connectivity index (χ0n) is 13.8. The third kappa shape index (κ3) is 3.64. The van der Waals surface area contributed by atoms with Crippen molar-refractivity contribution in [2.75, 3.05) is 0 Å². The fourth-order valence-electron chi connectivity index (χ4n) is 2.47. The average molecular weight is 345 g/mol. The van der Waals surface area contributed by atoms with Crippen molar-refractivity contribution in [3.63, 3.8) is 0 Å². The Morgan fingerprint density at radius 2 is 2.04 bits per heavy atom. The Morgan fingerprint density at radius 1 is 1.22 bits per heavy atom. The summed E-state index contributed by atoms with van der Waals surface area (Å²) in [5.41, 5.74) is 3.54. The predicted molar refractivity (Wildman–Crippen MR) is 97.0 cm³/mol. The van der Waals surface area contributed by atoms with Crippen LogP contribution in [-0.4, -0.2) is 19.7 Å². The Kier molecular flexibility index (Phi) is 4.82. The van der Waals surface area contributed by atoms with Crippen molar-refractivity contribution >= 4 is 23.1 Å². The standard InChI is InChI=1S/C17H20N4S2/c1-11(2)21-13(4)19-20-17(21)23-10-15-9-22-16(18-15)14-7-5-6-12(3)8-14/h5-9,11H,10H2,1-4H3. The molecule has 0 amide bonds. The fourth-order valence-corrected chi connectivity index (χ4v) is 4.39. The van der Waals surface area contributed by atoms with Crippen LogP contribution in [0.1, 0.15) is 37.0 Å². The smallest absolute Gasteiger partial charge is 0.191 e. The maximum Gasteiger partial charge on any atom is 0.191 e. The van der Waals surface area contributed by atoms with E-state index in [4.69, 9.17) is 4.98 Å². The van der Waals surface area contributed by atoms with Gasteiger partial charge < -0.3 is 4.57 Å². The molecule has 4 nitrogen and oxygen atoms in total. The summed E-state index contributed by atoms with van der Waals surface area (Å²) in [6.45, 7) is 8.41. The first-order valence-corrected chi connectivity index (χ1v) is 9.47. The number of thioether (sulfide) groups is 1. The second-order valence-corrected chi connectivity index (χ2v) is 7.60. The van der Waals surface area contributed by atoms with Gasteiger partial charge in [-0.1, -0.05) is 35.5 Å². The second kappa shape index (κ2) is 6.84. The monoisotopic (exact) mass is 344 g/mol. The molecule has 0 bridgehead atoms. The summed E-state index contributed by atoms with van der Waals surface area (Å²) in [5, 5.41) is 12.6. The summed E-state index contributed by atoms with van der Waals surface area (Å²) in [7, 11) is 0. The number of benzene rings is 1. The lowest BCUT2D eigenvalue weighted by molar-refractivity contribution is 0.536. The number of rotatable bonds is 5. The molecule has 3 rings (SSSR count). The lowest BCUT2D eigenvalue weighted by Gasteiger charge is -2.11. The highest BCUT2D eigenvalue weighted by Crippen LogP contribution is 2.29. The van der Waals surface area contributed by atoms with Crippen LogP contribution in [-0.2, 0) is 5.75 Å². The van der Waals surface area contributed by atoms with Gasteiger partial charge in [0.1, 0.15) is 10.8 Å². The first-order chi connectivity index (χ1) is 11.0. The third-order valence-corrected chi connectivity index (χ3v) is 5.43. The molecule has 0 saturated carbocycles. The first-order valence-electron chi connectivity index (χ1n) is 7.60. The van der Waals surface area contributed by atoms with E-state index in [2.05, 4.69) is 65.2 Å². The number of hydrogen-bond acceptors (Lipinski definition) is 5. The average Bonchev–Trinajstić information content (AvgIpc) is 3.11. The lowest BCUT2D eigenvalue weighted by atomic mass is 10.1. The molecule has 0 saturated heterocycles. The maximum absolute atomic E-state index is 4.76. The molecule has 0 aliphatic heterocycles. The summed E-state index contributed by atoms with van der Waals surface area (Å²) in [6, 6.07) is 8.84. The van der Waals surface area contributed by atoms with Gasteiger partial charge in [-0.25, -0.2) is 4.98 Å². The summed E-state index contributed by atoms with van der Waals surface area (Å²) < 4.78 is 2.17. The molecular weight excluding hydrogens is 324 g/mol. The molecule has 0 aliphatic carbocycles. The van der Waals surface area contributed by atoms with Gasteiger partial charge in [0.2, 0.25) is 0 Å². The van der Waals surface area contributed by atoms with Gasteiger partial charge in [-0.05, 0) is 33.8 Å². The summed E-state index contributed by atoms with van der Waals surface area (Å²) in [5.74, 6) is 1.77. The number of aromatic nitrogens is 4. The van der Waals surface area contributed by atoms with E-state index in [1.165, 1.54) is 11.1 Å². The molecule has 23 heavy (non-hydrogen) atoms. The summed E-state index contributed by atoms with van der Waals surface area (Å²) in [4.78, 5) is 4.76. The van der Waals surface area contributed by atoms with Crippen molar-refractivity contribution in [3.05, 3.63) is 46.7 Å². The fraction of sp³-hybridized carbons (Fsp3) is 0.353. The molecule has 0 fully saturated rings. The Balaban J connectivity index is 1.73. The highest BCUT2D eigenvalue weighted by atomic mass is 32.2. The van der Waals surface area contributed by atoms with E-state index in [0.717, 1.165) is 27.4 Å². The Hall–Kier alpha value is -1.66. The molecule has 6 heteroatoms. The van der Waals surface area contributed by atoms with Crippen LogP contribution >= 0.6 is 23.1 Å². The van der Waals surface area contributed by atoms with Crippen LogP contribution in [0.5, 0.6) is 0 Å². The maximum atomic E-state index is 4.76. The molecule has 0 radical (unpaired) electrons. The van der Waals surface area contributed by atoms with E-state index in [1.807, 2.05) is 6.92 Å². The number of hydrogen-bond donors (Lipinski definition) is 0. The first kappa shape index (κ1) is 16.2. The van der Waals surface area contributed by atoms with E-state index >= 15 is 0 Å². The molecule has 2 aromatic heterocycles. The largest absolute Gasteiger partial charge is 0.304 e. The quantitative estimate of drug-likeness (QED) is 0.618. The minimum Gasteiger partial charge on any atom is -0.304 e. The number of nitrogens with zero attached hydrogens (tertiary/aromatic N) is 4. The van der Waals surface area contributed by atoms with E-state index in [0.29, 0.717) is 6.04 Å². The second-order valence-electron chi connectivity index (χ2n) is 5.80. The van der Waals surface area contributed by atoms with Crippen LogP contribution in [0, 0.1) is 13.8 Å². The highest BCUT2D eigenvalue weighted by molar-refractivity contribution is 7.98. The zero-order chi connectivity index (χ0) is 16.4. The van der Waals surface area contributed by atoms with Crippen molar-refractivity contribution in [1.29, 1.82) is 0 Å². The van der Waals surface area contributed by atoms with Gasteiger partial charge in [0.15, 0.2) is 5.16 Å². The van der Waals surface area contributed by atoms with E-state index in [1.54, 1.807) is 23.1 Å². The summed E-state index contributed by atoms with van der Waals surface area (Å²) in [6.07, 6.45) is 0. The Bertz CT molecular complexity index is 805. The predicted octanol–water partition coefficient (Wildman–Crippen LogP) is 4.89. The van der Waals surface area contributed by atoms with Gasteiger partial charge in [-0.2, -0.15) is 0 Å². The Labute approximate surface area is 145 Å². The zero-order valence-corrected chi connectivity index (χ0v) is 15.4. The molecule has 0 aliphatic rings. The van der Waals surface area contributed by atoms with Gasteiger partial charge in [0.25, 0.3) is 0 Å². The minimum atomic E-state index is 0.366. The molecule has 0 spiro atoms. The number of aryl methyl sites for hydroxylation is 2. The van der Waals surface area contributed by atoms with Crippen LogP contribution in [0.15, 0.2) is 34.8 Å². The molecule has 2 heterocycles. The summed E-state index contributed by atoms with van der Waals surface area (Å²) >= 11 is 3.39. The molecule has 1 aromatic carbocycles. The SMILES string of the molecule is Cc1cccc(-c2nc(CSc3nnc(C)n3C(C)C)cs2)c1. The molecular formula is C17H20N4S2. The van der Waals surface area contributed by atoms with Crippen molar-refractivity contribution in [1.82, 2.24) is 19.7 Å². The Morgan fingerprint density at radius 3 is 2.78 bits per heavy atom. The van der Waals surface area contributed by atoms with Crippen LogP contribution in [0.2, 0.25) is 0 Å². The van der Waals surface area contributed by atoms with Crippen LogP contribution < -0.4 is 0 Å². The van der Waals surface area contributed by atoms with Crippen LogP contribution in [0.4, 0.5) is 0 Å². The van der Waals surface area contributed by atoms with Gasteiger partial charge >= 0.3 is 0 Å². The topological polar surface area (TPSA) is 43.6 Å². The normalized spacial score (nSPS) is 11.3. The van der Waals surface area contributed by atoms with Crippen molar-refractivity contribution in [2.24, 2.45) is 0 Å². The van der Waals surface area contributed by atoms with E-state index in [9.17, 15) is 0 Å². The van der Waals surface area contributed by atoms with Gasteiger partial charge in [-0.15, -0.1) is 21.5 Å². The van der Waals surface area contributed by atoms with Gasteiger partial charge in [-0.3, -0.25) is 0 Å². The third-order valence-electron chi connectivity index (χ3n) is 3.52. The van der Waals surface area contributed by atoms with Crippen molar-refractivity contribution < 1.29 is 0 Å². The molecule has 3 aromatic rings. The minimum absolute atomic E-state index is 0.366. The lowest BCUT2D eigenvalue weighted by Crippen LogP contribution is -2.04. The molecule has 120 valence electrons.